The summed E-state index contributed by atoms with van der Waals surface area (Å²) in [4.78, 5) is 4.46. The van der Waals surface area contributed by atoms with Crippen LogP contribution in [0, 0.1) is 12.8 Å². The minimum Gasteiger partial charge on any atom is -0.317 e. The Bertz CT molecular complexity index is 258. The highest BCUT2D eigenvalue weighted by Gasteiger charge is 2.03. The Balaban J connectivity index is 2.20. The van der Waals surface area contributed by atoms with Crippen LogP contribution in [0.3, 0.4) is 0 Å². The van der Waals surface area contributed by atoms with Crippen LogP contribution in [-0.4, -0.2) is 18.1 Å². The van der Waals surface area contributed by atoms with Gasteiger partial charge in [-0.1, -0.05) is 13.8 Å². The lowest BCUT2D eigenvalue weighted by Crippen LogP contribution is -2.20. The molecule has 0 aromatic carbocycles. The Hall–Kier alpha value is -0.410. The summed E-state index contributed by atoms with van der Waals surface area (Å²) < 4.78 is 0. The average molecular weight is 212 g/mol. The van der Waals surface area contributed by atoms with E-state index >= 15 is 0 Å². The van der Waals surface area contributed by atoms with Crippen molar-refractivity contribution in [3.8, 4) is 0 Å². The van der Waals surface area contributed by atoms with Crippen LogP contribution in [0.1, 0.15) is 31.0 Å². The van der Waals surface area contributed by atoms with Gasteiger partial charge in [0, 0.05) is 5.38 Å². The average Bonchev–Trinajstić information content (AvgIpc) is 2.58. The molecule has 0 aliphatic heterocycles. The fraction of sp³-hybridized carbons (Fsp3) is 0.727. The van der Waals surface area contributed by atoms with Gasteiger partial charge in [-0.3, -0.25) is 0 Å². The third-order valence-electron chi connectivity index (χ3n) is 2.30. The molecular formula is C11H20N2S. The molecule has 0 radical (unpaired) electrons. The molecule has 0 saturated carbocycles. The maximum absolute atomic E-state index is 4.46. The SMILES string of the molecule is CCNCC(C)CCc1csc(C)n1. The van der Waals surface area contributed by atoms with Crippen molar-refractivity contribution in [2.75, 3.05) is 13.1 Å². The maximum Gasteiger partial charge on any atom is 0.0897 e. The molecule has 1 heterocycles. The molecule has 1 rings (SSSR count). The summed E-state index contributed by atoms with van der Waals surface area (Å²) in [5.41, 5.74) is 1.26. The minimum absolute atomic E-state index is 0.747. The first kappa shape index (κ1) is 11.7. The van der Waals surface area contributed by atoms with Crippen molar-refractivity contribution in [2.45, 2.75) is 33.6 Å². The molecule has 80 valence electrons. The number of aromatic nitrogens is 1. The van der Waals surface area contributed by atoms with Crippen LogP contribution in [0.25, 0.3) is 0 Å². The summed E-state index contributed by atoms with van der Waals surface area (Å²) in [7, 11) is 0. The monoisotopic (exact) mass is 212 g/mol. The van der Waals surface area contributed by atoms with Crippen molar-refractivity contribution in [2.24, 2.45) is 5.92 Å². The highest BCUT2D eigenvalue weighted by Crippen LogP contribution is 2.12. The lowest BCUT2D eigenvalue weighted by Gasteiger charge is -2.10. The molecule has 0 fully saturated rings. The van der Waals surface area contributed by atoms with Crippen LogP contribution in [0.15, 0.2) is 5.38 Å². The number of aryl methyl sites for hydroxylation is 2. The molecule has 1 N–H and O–H groups in total. The molecule has 14 heavy (non-hydrogen) atoms. The number of nitrogens with zero attached hydrogens (tertiary/aromatic N) is 1. The third kappa shape index (κ3) is 4.20. The van der Waals surface area contributed by atoms with Crippen LogP contribution < -0.4 is 5.32 Å². The first-order valence-electron chi connectivity index (χ1n) is 5.34. The summed E-state index contributed by atoms with van der Waals surface area (Å²) in [5, 5.41) is 6.73. The van der Waals surface area contributed by atoms with Gasteiger partial charge in [-0.15, -0.1) is 11.3 Å². The lowest BCUT2D eigenvalue weighted by atomic mass is 10.0. The van der Waals surface area contributed by atoms with Gasteiger partial charge < -0.3 is 5.32 Å². The molecule has 0 aliphatic rings. The van der Waals surface area contributed by atoms with Gasteiger partial charge >= 0.3 is 0 Å². The second-order valence-electron chi connectivity index (χ2n) is 3.81. The zero-order valence-corrected chi connectivity index (χ0v) is 10.2. The van der Waals surface area contributed by atoms with Crippen molar-refractivity contribution in [3.63, 3.8) is 0 Å². The molecule has 1 aromatic rings. The van der Waals surface area contributed by atoms with E-state index in [2.05, 4.69) is 36.5 Å². The van der Waals surface area contributed by atoms with Crippen molar-refractivity contribution in [3.05, 3.63) is 16.1 Å². The first-order valence-corrected chi connectivity index (χ1v) is 6.22. The predicted octanol–water partition coefficient (Wildman–Crippen LogP) is 2.63. The Labute approximate surface area is 90.8 Å². The Morgan fingerprint density at radius 3 is 2.93 bits per heavy atom. The van der Waals surface area contributed by atoms with Crippen molar-refractivity contribution in [1.29, 1.82) is 0 Å². The fourth-order valence-electron chi connectivity index (χ4n) is 1.41. The number of nitrogens with one attached hydrogen (secondary N) is 1. The summed E-state index contributed by atoms with van der Waals surface area (Å²) in [6.07, 6.45) is 2.35. The van der Waals surface area contributed by atoms with E-state index in [9.17, 15) is 0 Å². The van der Waals surface area contributed by atoms with E-state index in [4.69, 9.17) is 0 Å². The van der Waals surface area contributed by atoms with Crippen molar-refractivity contribution < 1.29 is 0 Å². The van der Waals surface area contributed by atoms with E-state index < -0.39 is 0 Å². The van der Waals surface area contributed by atoms with E-state index in [1.807, 2.05) is 0 Å². The smallest absolute Gasteiger partial charge is 0.0897 e. The zero-order valence-electron chi connectivity index (χ0n) is 9.34. The zero-order chi connectivity index (χ0) is 10.4. The van der Waals surface area contributed by atoms with Gasteiger partial charge in [-0.2, -0.15) is 0 Å². The van der Waals surface area contributed by atoms with Crippen LogP contribution >= 0.6 is 11.3 Å². The molecule has 1 aromatic heterocycles. The van der Waals surface area contributed by atoms with E-state index in [1.54, 1.807) is 11.3 Å². The van der Waals surface area contributed by atoms with Gasteiger partial charge in [0.2, 0.25) is 0 Å². The highest BCUT2D eigenvalue weighted by molar-refractivity contribution is 7.09. The summed E-state index contributed by atoms with van der Waals surface area (Å²) in [6.45, 7) is 8.70. The van der Waals surface area contributed by atoms with E-state index in [1.165, 1.54) is 17.1 Å². The van der Waals surface area contributed by atoms with Crippen LogP contribution in [0.5, 0.6) is 0 Å². The number of rotatable bonds is 6. The minimum atomic E-state index is 0.747. The normalized spacial score (nSPS) is 13.1. The molecular weight excluding hydrogens is 192 g/mol. The summed E-state index contributed by atoms with van der Waals surface area (Å²) in [5.74, 6) is 0.747. The molecule has 0 saturated heterocycles. The molecule has 0 bridgehead atoms. The molecule has 0 aliphatic carbocycles. The molecule has 1 atom stereocenters. The lowest BCUT2D eigenvalue weighted by molar-refractivity contribution is 0.487. The fourth-order valence-corrected chi connectivity index (χ4v) is 2.06. The third-order valence-corrected chi connectivity index (χ3v) is 3.12. The Morgan fingerprint density at radius 1 is 1.57 bits per heavy atom. The van der Waals surface area contributed by atoms with Gasteiger partial charge in [0.05, 0.1) is 10.7 Å². The van der Waals surface area contributed by atoms with E-state index in [0.717, 1.165) is 25.4 Å². The van der Waals surface area contributed by atoms with Gasteiger partial charge in [0.15, 0.2) is 0 Å². The topological polar surface area (TPSA) is 24.9 Å². The highest BCUT2D eigenvalue weighted by atomic mass is 32.1. The van der Waals surface area contributed by atoms with Gasteiger partial charge in [-0.05, 0) is 38.8 Å². The first-order chi connectivity index (χ1) is 6.72. The van der Waals surface area contributed by atoms with Crippen LogP contribution in [0.2, 0.25) is 0 Å². The number of hydrogen-bond acceptors (Lipinski definition) is 3. The standard InChI is InChI=1S/C11H20N2S/c1-4-12-7-9(2)5-6-11-8-14-10(3)13-11/h8-9,12H,4-7H2,1-3H3. The van der Waals surface area contributed by atoms with E-state index in [-0.39, 0.29) is 0 Å². The quantitative estimate of drug-likeness (QED) is 0.784. The predicted molar refractivity (Wildman–Crippen MR) is 62.9 cm³/mol. The van der Waals surface area contributed by atoms with Crippen molar-refractivity contribution in [1.82, 2.24) is 10.3 Å². The maximum atomic E-state index is 4.46. The molecule has 0 amide bonds. The number of thiazole rings is 1. The second kappa shape index (κ2) is 6.14. The van der Waals surface area contributed by atoms with Crippen LogP contribution in [-0.2, 0) is 6.42 Å². The van der Waals surface area contributed by atoms with Gasteiger partial charge in [0.25, 0.3) is 0 Å². The van der Waals surface area contributed by atoms with Crippen LogP contribution in [0.4, 0.5) is 0 Å². The molecule has 1 unspecified atom stereocenters. The van der Waals surface area contributed by atoms with Gasteiger partial charge in [0.1, 0.15) is 0 Å². The van der Waals surface area contributed by atoms with Crippen molar-refractivity contribution >= 4 is 11.3 Å². The molecule has 0 spiro atoms. The van der Waals surface area contributed by atoms with Gasteiger partial charge in [-0.25, -0.2) is 4.98 Å². The summed E-state index contributed by atoms with van der Waals surface area (Å²) >= 11 is 1.75. The Morgan fingerprint density at radius 2 is 2.36 bits per heavy atom. The molecule has 3 heteroatoms. The Kier molecular flexibility index (Phi) is 5.12. The largest absolute Gasteiger partial charge is 0.317 e. The number of hydrogen-bond donors (Lipinski definition) is 1. The van der Waals surface area contributed by atoms with E-state index in [0.29, 0.717) is 0 Å². The summed E-state index contributed by atoms with van der Waals surface area (Å²) in [6, 6.07) is 0. The molecule has 2 nitrogen and oxygen atoms in total. The second-order valence-corrected chi connectivity index (χ2v) is 4.87.